The number of aryl methyl sites for hydroxylation is 1. The molecule has 7 heteroatoms. The number of hydrogen-bond acceptors (Lipinski definition) is 6. The van der Waals surface area contributed by atoms with E-state index in [4.69, 9.17) is 23.7 Å². The van der Waals surface area contributed by atoms with Crippen molar-refractivity contribution in [1.82, 2.24) is 4.98 Å². The largest absolute Gasteiger partial charge is 0.493 e. The van der Waals surface area contributed by atoms with E-state index in [0.717, 1.165) is 0 Å². The molecular weight excluding hydrogens is 278 g/mol. The number of carboxylic acid groups (broad SMARTS) is 1. The first kappa shape index (κ1) is 14.7. The maximum absolute atomic E-state index is 11.0. The Morgan fingerprint density at radius 1 is 1.14 bits per heavy atom. The van der Waals surface area contributed by atoms with Gasteiger partial charge in [0.15, 0.2) is 17.2 Å². The van der Waals surface area contributed by atoms with Gasteiger partial charge in [-0.25, -0.2) is 9.78 Å². The molecule has 0 spiro atoms. The van der Waals surface area contributed by atoms with E-state index in [2.05, 4.69) is 4.98 Å². The van der Waals surface area contributed by atoms with Crippen LogP contribution in [0.15, 0.2) is 16.5 Å². The number of nitrogens with zero attached hydrogens (tertiary/aromatic N) is 1. The molecule has 1 heterocycles. The van der Waals surface area contributed by atoms with Crippen LogP contribution in [0.5, 0.6) is 17.2 Å². The smallest absolute Gasteiger partial charge is 0.358 e. The zero-order valence-electron chi connectivity index (χ0n) is 12.1. The van der Waals surface area contributed by atoms with Gasteiger partial charge in [0, 0.05) is 0 Å². The minimum atomic E-state index is -1.15. The van der Waals surface area contributed by atoms with Crippen molar-refractivity contribution in [2.45, 2.75) is 6.92 Å². The molecule has 2 aromatic rings. The Bertz CT molecular complexity index is 676. The van der Waals surface area contributed by atoms with Crippen LogP contribution in [0, 0.1) is 6.92 Å². The fourth-order valence-electron chi connectivity index (χ4n) is 1.98. The number of aromatic nitrogens is 1. The highest BCUT2D eigenvalue weighted by atomic mass is 16.5. The number of carbonyl (C=O) groups is 1. The summed E-state index contributed by atoms with van der Waals surface area (Å²) in [4.78, 5) is 15.0. The lowest BCUT2D eigenvalue weighted by Gasteiger charge is -2.14. The highest BCUT2D eigenvalue weighted by Crippen LogP contribution is 2.44. The average Bonchev–Trinajstić information content (AvgIpc) is 2.87. The predicted octanol–water partition coefficient (Wildman–Crippen LogP) is 2.37. The topological polar surface area (TPSA) is 91.0 Å². The first-order valence-electron chi connectivity index (χ1n) is 6.03. The van der Waals surface area contributed by atoms with Crippen LogP contribution in [-0.2, 0) is 0 Å². The van der Waals surface area contributed by atoms with Crippen LogP contribution in [0.25, 0.3) is 11.5 Å². The first-order valence-corrected chi connectivity index (χ1v) is 6.03. The van der Waals surface area contributed by atoms with Crippen LogP contribution >= 0.6 is 0 Å². The van der Waals surface area contributed by atoms with E-state index in [1.54, 1.807) is 12.1 Å². The van der Waals surface area contributed by atoms with Crippen molar-refractivity contribution in [3.05, 3.63) is 23.6 Å². The van der Waals surface area contributed by atoms with Crippen LogP contribution in [0.4, 0.5) is 0 Å². The number of ether oxygens (including phenoxy) is 3. The second-order valence-corrected chi connectivity index (χ2v) is 4.11. The summed E-state index contributed by atoms with van der Waals surface area (Å²) >= 11 is 0. The van der Waals surface area contributed by atoms with Gasteiger partial charge in [-0.15, -0.1) is 0 Å². The van der Waals surface area contributed by atoms with E-state index in [1.807, 2.05) is 0 Å². The van der Waals surface area contributed by atoms with Gasteiger partial charge in [-0.05, 0) is 19.1 Å². The summed E-state index contributed by atoms with van der Waals surface area (Å²) in [6, 6.07) is 3.33. The van der Waals surface area contributed by atoms with Gasteiger partial charge in [-0.3, -0.25) is 0 Å². The predicted molar refractivity (Wildman–Crippen MR) is 73.3 cm³/mol. The molecule has 0 amide bonds. The standard InChI is InChI=1S/C14H15NO6/c1-7-10(14(16)17)15-13(21-7)8-5-6-9(18-2)12(20-4)11(8)19-3/h5-6H,1-4H3,(H,16,17). The third-order valence-electron chi connectivity index (χ3n) is 2.93. The summed E-state index contributed by atoms with van der Waals surface area (Å²) < 4.78 is 21.2. The number of rotatable bonds is 5. The number of hydrogen-bond donors (Lipinski definition) is 1. The van der Waals surface area contributed by atoms with Gasteiger partial charge in [0.2, 0.25) is 11.6 Å². The third kappa shape index (κ3) is 2.49. The maximum Gasteiger partial charge on any atom is 0.358 e. The molecule has 0 unspecified atom stereocenters. The maximum atomic E-state index is 11.0. The van der Waals surface area contributed by atoms with Gasteiger partial charge < -0.3 is 23.7 Å². The molecule has 0 fully saturated rings. The fourth-order valence-corrected chi connectivity index (χ4v) is 1.98. The van der Waals surface area contributed by atoms with Crippen molar-refractivity contribution >= 4 is 5.97 Å². The molecular formula is C14H15NO6. The Kier molecular flexibility index (Phi) is 4.02. The monoisotopic (exact) mass is 293 g/mol. The van der Waals surface area contributed by atoms with E-state index < -0.39 is 5.97 Å². The van der Waals surface area contributed by atoms with Gasteiger partial charge in [0.25, 0.3) is 0 Å². The van der Waals surface area contributed by atoms with E-state index in [-0.39, 0.29) is 17.3 Å². The van der Waals surface area contributed by atoms with E-state index in [0.29, 0.717) is 22.8 Å². The number of methoxy groups -OCH3 is 3. The lowest BCUT2D eigenvalue weighted by Crippen LogP contribution is -1.99. The Labute approximate surface area is 121 Å². The minimum absolute atomic E-state index is 0.137. The van der Waals surface area contributed by atoms with Crippen molar-refractivity contribution < 1.29 is 28.5 Å². The van der Waals surface area contributed by atoms with Crippen LogP contribution < -0.4 is 14.2 Å². The molecule has 0 aliphatic carbocycles. The van der Waals surface area contributed by atoms with Crippen molar-refractivity contribution in [1.29, 1.82) is 0 Å². The highest BCUT2D eigenvalue weighted by molar-refractivity contribution is 5.87. The van der Waals surface area contributed by atoms with Crippen LogP contribution in [0.1, 0.15) is 16.2 Å². The van der Waals surface area contributed by atoms with Crippen molar-refractivity contribution in [2.75, 3.05) is 21.3 Å². The highest BCUT2D eigenvalue weighted by Gasteiger charge is 2.23. The third-order valence-corrected chi connectivity index (χ3v) is 2.93. The molecule has 0 bridgehead atoms. The van der Waals surface area contributed by atoms with Gasteiger partial charge >= 0.3 is 5.97 Å². The van der Waals surface area contributed by atoms with Crippen LogP contribution in [-0.4, -0.2) is 37.4 Å². The number of benzene rings is 1. The van der Waals surface area contributed by atoms with E-state index >= 15 is 0 Å². The van der Waals surface area contributed by atoms with Crippen molar-refractivity contribution in [2.24, 2.45) is 0 Å². The lowest BCUT2D eigenvalue weighted by molar-refractivity contribution is 0.0689. The zero-order chi connectivity index (χ0) is 15.6. The SMILES string of the molecule is COc1ccc(-c2nc(C(=O)O)c(C)o2)c(OC)c1OC. The van der Waals surface area contributed by atoms with E-state index in [9.17, 15) is 4.79 Å². The zero-order valence-corrected chi connectivity index (χ0v) is 12.1. The summed E-state index contributed by atoms with van der Waals surface area (Å²) in [5.41, 5.74) is 0.340. The van der Waals surface area contributed by atoms with Crippen molar-refractivity contribution in [3.63, 3.8) is 0 Å². The molecule has 1 N–H and O–H groups in total. The second-order valence-electron chi connectivity index (χ2n) is 4.11. The first-order chi connectivity index (χ1) is 10.0. The van der Waals surface area contributed by atoms with E-state index in [1.165, 1.54) is 28.3 Å². The van der Waals surface area contributed by atoms with Gasteiger partial charge in [-0.1, -0.05) is 0 Å². The van der Waals surface area contributed by atoms with Crippen LogP contribution in [0.2, 0.25) is 0 Å². The van der Waals surface area contributed by atoms with Gasteiger partial charge in [-0.2, -0.15) is 0 Å². The average molecular weight is 293 g/mol. The quantitative estimate of drug-likeness (QED) is 0.904. The molecule has 1 aromatic carbocycles. The second kappa shape index (κ2) is 5.74. The molecule has 0 radical (unpaired) electrons. The molecule has 1 aromatic heterocycles. The number of oxazole rings is 1. The Balaban J connectivity index is 2.64. The molecule has 0 saturated carbocycles. The summed E-state index contributed by atoms with van der Waals surface area (Å²) in [6.45, 7) is 1.53. The van der Waals surface area contributed by atoms with Gasteiger partial charge in [0.1, 0.15) is 5.76 Å². The Morgan fingerprint density at radius 2 is 1.81 bits per heavy atom. The van der Waals surface area contributed by atoms with Crippen LogP contribution in [0.3, 0.4) is 0 Å². The van der Waals surface area contributed by atoms with Crippen molar-refractivity contribution in [3.8, 4) is 28.7 Å². The molecule has 0 aliphatic rings. The summed E-state index contributed by atoms with van der Waals surface area (Å²) in [7, 11) is 4.46. The molecule has 0 atom stereocenters. The number of aromatic carboxylic acids is 1. The summed E-state index contributed by atoms with van der Waals surface area (Å²) in [5.74, 6) is 0.430. The molecule has 0 saturated heterocycles. The molecule has 0 aliphatic heterocycles. The lowest BCUT2D eigenvalue weighted by atomic mass is 10.1. The molecule has 21 heavy (non-hydrogen) atoms. The number of carboxylic acids is 1. The Hall–Kier alpha value is -2.70. The summed E-state index contributed by atoms with van der Waals surface area (Å²) in [5, 5.41) is 9.04. The normalized spacial score (nSPS) is 10.3. The molecule has 2 rings (SSSR count). The fraction of sp³-hybridized carbons (Fsp3) is 0.286. The Morgan fingerprint density at radius 3 is 2.29 bits per heavy atom. The van der Waals surface area contributed by atoms with Gasteiger partial charge in [0.05, 0.1) is 26.9 Å². The molecule has 7 nitrogen and oxygen atoms in total. The summed E-state index contributed by atoms with van der Waals surface area (Å²) in [6.07, 6.45) is 0. The minimum Gasteiger partial charge on any atom is -0.493 e. The molecule has 112 valence electrons.